The Hall–Kier alpha value is -4.11. The number of fused-ring (bicyclic) bond motifs is 1. The Kier molecular flexibility index (Phi) is 6.00. The number of esters is 1. The number of benzene rings is 3. The number of halogens is 1. The van der Waals surface area contributed by atoms with Crippen molar-refractivity contribution < 1.29 is 23.5 Å². The third-order valence-electron chi connectivity index (χ3n) is 5.76. The molecule has 2 N–H and O–H groups in total. The van der Waals surface area contributed by atoms with Crippen LogP contribution in [0.2, 0.25) is 0 Å². The van der Waals surface area contributed by atoms with E-state index in [1.165, 1.54) is 36.0 Å². The molecule has 1 aliphatic heterocycles. The zero-order valence-corrected chi connectivity index (χ0v) is 19.4. The highest BCUT2D eigenvalue weighted by atomic mass is 32.2. The molecule has 0 aliphatic carbocycles. The number of hydrogen-bond acceptors (Lipinski definition) is 5. The fraction of sp³-hybridized carbons (Fsp3) is 0.115. The first-order valence-electron chi connectivity index (χ1n) is 10.8. The summed E-state index contributed by atoms with van der Waals surface area (Å²) in [6, 6.07) is 20.2. The Balaban J connectivity index is 1.48. The minimum absolute atomic E-state index is 0.188. The van der Waals surface area contributed by atoms with Gasteiger partial charge in [-0.2, -0.15) is 0 Å². The van der Waals surface area contributed by atoms with E-state index >= 15 is 0 Å². The highest BCUT2D eigenvalue weighted by Crippen LogP contribution is 2.38. The number of aromatic amines is 1. The second-order valence-electron chi connectivity index (χ2n) is 7.91. The number of rotatable bonds is 5. The molecule has 176 valence electrons. The van der Waals surface area contributed by atoms with Gasteiger partial charge in [0.2, 0.25) is 0 Å². The topological polar surface area (TPSA) is 91.5 Å². The van der Waals surface area contributed by atoms with Crippen LogP contribution in [0.4, 0.5) is 4.39 Å². The van der Waals surface area contributed by atoms with Crippen LogP contribution < -0.4 is 5.43 Å². The zero-order chi connectivity index (χ0) is 24.5. The summed E-state index contributed by atoms with van der Waals surface area (Å²) in [6.07, 6.45) is 0. The number of H-pyrrole nitrogens is 1. The summed E-state index contributed by atoms with van der Waals surface area (Å²) < 4.78 is 18.8. The van der Waals surface area contributed by atoms with Gasteiger partial charge in [-0.05, 0) is 41.5 Å². The minimum Gasteiger partial charge on any atom is -0.465 e. The highest BCUT2D eigenvalue weighted by Gasteiger charge is 2.35. The van der Waals surface area contributed by atoms with E-state index in [4.69, 9.17) is 4.74 Å². The van der Waals surface area contributed by atoms with Crippen LogP contribution in [0.5, 0.6) is 0 Å². The molecule has 0 radical (unpaired) electrons. The molecular weight excluding hydrogens is 469 g/mol. The average molecular weight is 490 g/mol. The molecule has 1 aromatic heterocycles. The second kappa shape index (κ2) is 9.27. The van der Waals surface area contributed by atoms with Crippen molar-refractivity contribution in [2.24, 2.45) is 0 Å². The van der Waals surface area contributed by atoms with Crippen LogP contribution in [0.25, 0.3) is 22.0 Å². The number of hydrogen-bond donors (Lipinski definition) is 2. The molecule has 1 unspecified atom stereocenters. The molecule has 7 nitrogen and oxygen atoms in total. The van der Waals surface area contributed by atoms with Gasteiger partial charge >= 0.3 is 5.97 Å². The van der Waals surface area contributed by atoms with Gasteiger partial charge < -0.3 is 9.72 Å². The first kappa shape index (κ1) is 22.7. The first-order chi connectivity index (χ1) is 17.0. The Labute approximate surface area is 204 Å². The lowest BCUT2D eigenvalue weighted by Crippen LogP contribution is -2.44. The number of methoxy groups -OCH3 is 1. The number of hydrazine groups is 1. The van der Waals surface area contributed by atoms with Crippen LogP contribution in [0, 0.1) is 5.82 Å². The Morgan fingerprint density at radius 3 is 2.54 bits per heavy atom. The van der Waals surface area contributed by atoms with Crippen molar-refractivity contribution in [3.63, 3.8) is 0 Å². The van der Waals surface area contributed by atoms with Crippen molar-refractivity contribution in [2.45, 2.75) is 5.37 Å². The van der Waals surface area contributed by atoms with E-state index in [1.807, 2.05) is 30.3 Å². The van der Waals surface area contributed by atoms with Gasteiger partial charge in [-0.3, -0.25) is 15.0 Å². The van der Waals surface area contributed by atoms with Crippen LogP contribution in [0.3, 0.4) is 0 Å². The smallest absolute Gasteiger partial charge is 0.337 e. The van der Waals surface area contributed by atoms with Gasteiger partial charge in [-0.1, -0.05) is 42.5 Å². The quantitative estimate of drug-likeness (QED) is 0.397. The lowest BCUT2D eigenvalue weighted by Gasteiger charge is -2.24. The van der Waals surface area contributed by atoms with Gasteiger partial charge in [-0.25, -0.2) is 14.2 Å². The molecule has 9 heteroatoms. The van der Waals surface area contributed by atoms with Gasteiger partial charge in [0.15, 0.2) is 0 Å². The van der Waals surface area contributed by atoms with Crippen molar-refractivity contribution >= 4 is 40.4 Å². The van der Waals surface area contributed by atoms with Crippen LogP contribution in [0.15, 0.2) is 72.8 Å². The fourth-order valence-corrected chi connectivity index (χ4v) is 5.21. The summed E-state index contributed by atoms with van der Waals surface area (Å²) in [7, 11) is 1.31. The molecule has 0 bridgehead atoms. The van der Waals surface area contributed by atoms with E-state index in [2.05, 4.69) is 10.4 Å². The van der Waals surface area contributed by atoms with Crippen molar-refractivity contribution in [3.8, 4) is 11.1 Å². The van der Waals surface area contributed by atoms with Crippen molar-refractivity contribution in [2.75, 3.05) is 12.9 Å². The second-order valence-corrected chi connectivity index (χ2v) is 8.98. The van der Waals surface area contributed by atoms with Crippen LogP contribution in [-0.2, 0) is 9.53 Å². The number of nitrogens with one attached hydrogen (secondary N) is 2. The Morgan fingerprint density at radius 1 is 1.09 bits per heavy atom. The maximum absolute atomic E-state index is 14.1. The standard InChI is InChI=1S/C26H20FN3O4S/c1-34-26(33)17-9-7-16(8-10-17)25-30(21(31)14-35-25)29-24(32)23-22(15-5-3-2-4-6-15)19-13-18(27)11-12-20(19)28-23/h2-13,25,28H,14H2,1H3,(H,29,32). The van der Waals surface area contributed by atoms with Crippen LogP contribution in [0.1, 0.15) is 31.8 Å². The molecule has 1 saturated heterocycles. The van der Waals surface area contributed by atoms with Crippen LogP contribution >= 0.6 is 11.8 Å². The van der Waals surface area contributed by atoms with Gasteiger partial charge in [0.05, 0.1) is 18.4 Å². The predicted molar refractivity (Wildman–Crippen MR) is 131 cm³/mol. The number of thioether (sulfide) groups is 1. The molecule has 1 atom stereocenters. The normalized spacial score (nSPS) is 15.4. The molecule has 4 aromatic rings. The maximum atomic E-state index is 14.1. The van der Waals surface area contributed by atoms with Gasteiger partial charge in [0.1, 0.15) is 16.9 Å². The molecule has 1 aliphatic rings. The monoisotopic (exact) mass is 489 g/mol. The zero-order valence-electron chi connectivity index (χ0n) is 18.6. The van der Waals surface area contributed by atoms with E-state index in [-0.39, 0.29) is 17.4 Å². The van der Waals surface area contributed by atoms with Gasteiger partial charge in [0.25, 0.3) is 11.8 Å². The molecule has 5 rings (SSSR count). The molecule has 1 fully saturated rings. The van der Waals surface area contributed by atoms with E-state index in [9.17, 15) is 18.8 Å². The number of carbonyl (C=O) groups excluding carboxylic acids is 3. The van der Waals surface area contributed by atoms with Crippen molar-refractivity contribution in [3.05, 3.63) is 95.4 Å². The summed E-state index contributed by atoms with van der Waals surface area (Å²) in [5.41, 5.74) is 5.99. The van der Waals surface area contributed by atoms with Crippen LogP contribution in [-0.4, -0.2) is 40.6 Å². The van der Waals surface area contributed by atoms with E-state index in [0.717, 1.165) is 11.1 Å². The molecule has 0 spiro atoms. The number of ether oxygens (including phenoxy) is 1. The lowest BCUT2D eigenvalue weighted by molar-refractivity contribution is -0.130. The summed E-state index contributed by atoms with van der Waals surface area (Å²) in [5.74, 6) is -1.46. The SMILES string of the molecule is COC(=O)c1ccc(C2SCC(=O)N2NC(=O)c2[nH]c3ccc(F)cc3c2-c2ccccc2)cc1. The maximum Gasteiger partial charge on any atom is 0.337 e. The first-order valence-corrected chi connectivity index (χ1v) is 11.8. The molecule has 2 amide bonds. The predicted octanol–water partition coefficient (Wildman–Crippen LogP) is 4.68. The third kappa shape index (κ3) is 4.26. The average Bonchev–Trinajstić information content (AvgIpc) is 3.44. The summed E-state index contributed by atoms with van der Waals surface area (Å²) in [5, 5.41) is 1.39. The lowest BCUT2D eigenvalue weighted by atomic mass is 10.0. The fourth-order valence-electron chi connectivity index (χ4n) is 4.10. The van der Waals surface area contributed by atoms with E-state index < -0.39 is 23.1 Å². The number of aromatic nitrogens is 1. The van der Waals surface area contributed by atoms with E-state index in [1.54, 1.807) is 30.3 Å². The van der Waals surface area contributed by atoms with Crippen molar-refractivity contribution in [1.29, 1.82) is 0 Å². The third-order valence-corrected chi connectivity index (χ3v) is 6.97. The molecule has 3 aromatic carbocycles. The Morgan fingerprint density at radius 2 is 1.83 bits per heavy atom. The summed E-state index contributed by atoms with van der Waals surface area (Å²) in [4.78, 5) is 40.9. The summed E-state index contributed by atoms with van der Waals surface area (Å²) >= 11 is 1.36. The number of carbonyl (C=O) groups is 3. The number of amides is 2. The largest absolute Gasteiger partial charge is 0.465 e. The molecule has 0 saturated carbocycles. The number of nitrogens with zero attached hydrogens (tertiary/aromatic N) is 1. The highest BCUT2D eigenvalue weighted by molar-refractivity contribution is 8.00. The minimum atomic E-state index is -0.521. The van der Waals surface area contributed by atoms with Crippen molar-refractivity contribution in [1.82, 2.24) is 15.4 Å². The van der Waals surface area contributed by atoms with Gasteiger partial charge in [0, 0.05) is 16.5 Å². The Bertz CT molecular complexity index is 1440. The molecular formula is C26H20FN3O4S. The summed E-state index contributed by atoms with van der Waals surface area (Å²) in [6.45, 7) is 0. The van der Waals surface area contributed by atoms with Gasteiger partial charge in [-0.15, -0.1) is 11.8 Å². The van der Waals surface area contributed by atoms with E-state index in [0.29, 0.717) is 22.0 Å². The molecule has 35 heavy (non-hydrogen) atoms. The molecule has 2 heterocycles.